The Hall–Kier alpha value is -2.24. The molecule has 0 heterocycles. The predicted octanol–water partition coefficient (Wildman–Crippen LogP) is 1.77. The minimum atomic E-state index is -0.888. The summed E-state index contributed by atoms with van der Waals surface area (Å²) < 4.78 is 10.4. The van der Waals surface area contributed by atoms with Crippen molar-refractivity contribution in [1.82, 2.24) is 4.90 Å². The topological polar surface area (TPSA) is 76.1 Å². The number of aliphatic carboxylic acids is 1. The van der Waals surface area contributed by atoms with E-state index in [1.807, 2.05) is 19.1 Å². The van der Waals surface area contributed by atoms with Gasteiger partial charge in [0.1, 0.15) is 0 Å². The molecule has 1 aliphatic rings. The highest BCUT2D eigenvalue weighted by molar-refractivity contribution is 5.89. The Bertz CT molecular complexity index is 572. The lowest BCUT2D eigenvalue weighted by molar-refractivity contribution is -0.142. The number of hydrogen-bond acceptors (Lipinski definition) is 4. The molecule has 1 aromatic rings. The van der Waals surface area contributed by atoms with Gasteiger partial charge in [0.15, 0.2) is 11.5 Å². The van der Waals surface area contributed by atoms with Crippen LogP contribution in [0, 0.1) is 11.8 Å². The van der Waals surface area contributed by atoms with Crippen LogP contribution in [0.1, 0.15) is 18.9 Å². The highest BCUT2D eigenvalue weighted by Crippen LogP contribution is 2.40. The molecule has 1 aliphatic carbocycles. The van der Waals surface area contributed by atoms with Gasteiger partial charge in [0.2, 0.25) is 5.91 Å². The van der Waals surface area contributed by atoms with Crippen LogP contribution in [0.25, 0.3) is 0 Å². The molecule has 0 radical (unpaired) electrons. The smallest absolute Gasteiger partial charge is 0.307 e. The van der Waals surface area contributed by atoms with Crippen molar-refractivity contribution in [2.45, 2.75) is 19.9 Å². The lowest BCUT2D eigenvalue weighted by atomic mass is 10.1. The van der Waals surface area contributed by atoms with Crippen LogP contribution < -0.4 is 9.47 Å². The third-order valence-corrected chi connectivity index (χ3v) is 3.94. The van der Waals surface area contributed by atoms with Crippen LogP contribution in [0.5, 0.6) is 11.5 Å². The molecule has 1 N–H and O–H groups in total. The zero-order valence-corrected chi connectivity index (χ0v) is 13.0. The number of carboxylic acids is 1. The number of rotatable bonds is 7. The van der Waals surface area contributed by atoms with E-state index in [1.165, 1.54) is 0 Å². The fraction of sp³-hybridized carbons (Fsp3) is 0.500. The molecule has 22 heavy (non-hydrogen) atoms. The molecular weight excluding hydrogens is 286 g/mol. The number of hydrogen-bond donors (Lipinski definition) is 1. The van der Waals surface area contributed by atoms with Crippen molar-refractivity contribution in [1.29, 1.82) is 0 Å². The summed E-state index contributed by atoms with van der Waals surface area (Å²) in [5, 5.41) is 8.94. The average Bonchev–Trinajstić information content (AvgIpc) is 3.32. The summed E-state index contributed by atoms with van der Waals surface area (Å²) in [6.45, 7) is 2.85. The third-order valence-electron chi connectivity index (χ3n) is 3.94. The Balaban J connectivity index is 2.07. The van der Waals surface area contributed by atoms with Gasteiger partial charge in [0, 0.05) is 13.1 Å². The molecule has 1 saturated carbocycles. The lowest BCUT2D eigenvalue weighted by Crippen LogP contribution is -2.32. The fourth-order valence-corrected chi connectivity index (χ4v) is 2.52. The minimum Gasteiger partial charge on any atom is -0.493 e. The number of carbonyl (C=O) groups excluding carboxylic acids is 1. The van der Waals surface area contributed by atoms with E-state index in [0.29, 0.717) is 31.0 Å². The Morgan fingerprint density at radius 1 is 1.23 bits per heavy atom. The molecule has 0 unspecified atom stereocenters. The zero-order chi connectivity index (χ0) is 16.3. The second-order valence-electron chi connectivity index (χ2n) is 5.33. The van der Waals surface area contributed by atoms with E-state index < -0.39 is 11.9 Å². The summed E-state index contributed by atoms with van der Waals surface area (Å²) in [5.74, 6) is -0.637. The van der Waals surface area contributed by atoms with Crippen LogP contribution in [0.4, 0.5) is 0 Å². The largest absolute Gasteiger partial charge is 0.493 e. The maximum absolute atomic E-state index is 12.3. The van der Waals surface area contributed by atoms with Gasteiger partial charge in [0.25, 0.3) is 0 Å². The van der Waals surface area contributed by atoms with Crippen LogP contribution in [0.15, 0.2) is 18.2 Å². The molecule has 0 bridgehead atoms. The van der Waals surface area contributed by atoms with Crippen molar-refractivity contribution >= 4 is 11.9 Å². The third kappa shape index (κ3) is 3.32. The lowest BCUT2D eigenvalue weighted by Gasteiger charge is -2.21. The van der Waals surface area contributed by atoms with Crippen molar-refractivity contribution in [2.24, 2.45) is 11.8 Å². The molecule has 2 rings (SSSR count). The van der Waals surface area contributed by atoms with Gasteiger partial charge < -0.3 is 19.5 Å². The first-order valence-electron chi connectivity index (χ1n) is 7.24. The minimum absolute atomic E-state index is 0.0929. The standard InChI is InChI=1S/C16H21NO5/c1-4-17(15(18)11-8-12(11)16(19)20)9-10-5-6-13(21-2)14(7-10)22-3/h5-7,11-12H,4,8-9H2,1-3H3,(H,19,20)/t11-,12+/m1/s1. The van der Waals surface area contributed by atoms with Gasteiger partial charge in [-0.1, -0.05) is 6.07 Å². The predicted molar refractivity (Wildman–Crippen MR) is 79.9 cm³/mol. The van der Waals surface area contributed by atoms with Crippen molar-refractivity contribution in [3.8, 4) is 11.5 Å². The first-order valence-corrected chi connectivity index (χ1v) is 7.24. The van der Waals surface area contributed by atoms with Crippen molar-refractivity contribution in [3.05, 3.63) is 23.8 Å². The molecule has 0 spiro atoms. The van der Waals surface area contributed by atoms with Gasteiger partial charge in [-0.15, -0.1) is 0 Å². The van der Waals surface area contributed by atoms with Gasteiger partial charge >= 0.3 is 5.97 Å². The van der Waals surface area contributed by atoms with Crippen LogP contribution in [0.2, 0.25) is 0 Å². The van der Waals surface area contributed by atoms with E-state index in [2.05, 4.69) is 0 Å². The highest BCUT2D eigenvalue weighted by atomic mass is 16.5. The van der Waals surface area contributed by atoms with E-state index >= 15 is 0 Å². The summed E-state index contributed by atoms with van der Waals surface area (Å²) in [6, 6.07) is 5.50. The summed E-state index contributed by atoms with van der Waals surface area (Å²) in [7, 11) is 3.13. The van der Waals surface area contributed by atoms with Gasteiger partial charge in [-0.05, 0) is 31.0 Å². The maximum atomic E-state index is 12.3. The van der Waals surface area contributed by atoms with E-state index in [1.54, 1.807) is 25.2 Å². The summed E-state index contributed by atoms with van der Waals surface area (Å²) in [6.07, 6.45) is 0.441. The average molecular weight is 307 g/mol. The van der Waals surface area contributed by atoms with Crippen molar-refractivity contribution in [2.75, 3.05) is 20.8 Å². The quantitative estimate of drug-likeness (QED) is 0.831. The molecule has 0 aromatic heterocycles. The van der Waals surface area contributed by atoms with Gasteiger partial charge in [-0.25, -0.2) is 0 Å². The zero-order valence-electron chi connectivity index (χ0n) is 13.0. The molecule has 120 valence electrons. The van der Waals surface area contributed by atoms with E-state index in [4.69, 9.17) is 14.6 Å². The second kappa shape index (κ2) is 6.68. The number of amides is 1. The number of methoxy groups -OCH3 is 2. The SMILES string of the molecule is CCN(Cc1ccc(OC)c(OC)c1)C(=O)[C@@H]1C[C@@H]1C(=O)O. The van der Waals surface area contributed by atoms with Gasteiger partial charge in [0.05, 0.1) is 26.1 Å². The fourth-order valence-electron chi connectivity index (χ4n) is 2.52. The number of carbonyl (C=O) groups is 2. The van der Waals surface area contributed by atoms with Crippen LogP contribution in [-0.4, -0.2) is 42.6 Å². The molecule has 6 nitrogen and oxygen atoms in total. The second-order valence-corrected chi connectivity index (χ2v) is 5.33. The van der Waals surface area contributed by atoms with Crippen molar-refractivity contribution in [3.63, 3.8) is 0 Å². The molecule has 6 heteroatoms. The van der Waals surface area contributed by atoms with E-state index in [-0.39, 0.29) is 11.8 Å². The monoisotopic (exact) mass is 307 g/mol. The van der Waals surface area contributed by atoms with Gasteiger partial charge in [-0.2, -0.15) is 0 Å². The summed E-state index contributed by atoms with van der Waals surface area (Å²) >= 11 is 0. The molecule has 1 fully saturated rings. The number of carboxylic acid groups (broad SMARTS) is 1. The number of nitrogens with zero attached hydrogens (tertiary/aromatic N) is 1. The Kier molecular flexibility index (Phi) is 4.90. The molecular formula is C16H21NO5. The molecule has 0 saturated heterocycles. The van der Waals surface area contributed by atoms with Gasteiger partial charge in [-0.3, -0.25) is 9.59 Å². The van der Waals surface area contributed by atoms with Crippen LogP contribution in [-0.2, 0) is 16.1 Å². The summed E-state index contributed by atoms with van der Waals surface area (Å²) in [4.78, 5) is 24.9. The van der Waals surface area contributed by atoms with E-state index in [0.717, 1.165) is 5.56 Å². The molecule has 2 atom stereocenters. The number of benzene rings is 1. The van der Waals surface area contributed by atoms with Crippen LogP contribution in [0.3, 0.4) is 0 Å². The van der Waals surface area contributed by atoms with E-state index in [9.17, 15) is 9.59 Å². The Morgan fingerprint density at radius 2 is 1.91 bits per heavy atom. The van der Waals surface area contributed by atoms with Crippen molar-refractivity contribution < 1.29 is 24.2 Å². The summed E-state index contributed by atoms with van der Waals surface area (Å²) in [5.41, 5.74) is 0.917. The number of ether oxygens (including phenoxy) is 2. The molecule has 1 amide bonds. The Labute approximate surface area is 129 Å². The van der Waals surface area contributed by atoms with Crippen LogP contribution >= 0.6 is 0 Å². The highest BCUT2D eigenvalue weighted by Gasteiger charge is 2.49. The first-order chi connectivity index (χ1) is 10.5. The normalized spacial score (nSPS) is 19.4. The maximum Gasteiger partial charge on any atom is 0.307 e. The Morgan fingerprint density at radius 3 is 2.41 bits per heavy atom. The first kappa shape index (κ1) is 16.1. The molecule has 0 aliphatic heterocycles. The molecule has 1 aromatic carbocycles.